The second kappa shape index (κ2) is 5.28. The van der Waals surface area contributed by atoms with Crippen LogP contribution in [-0.2, 0) is 0 Å². The van der Waals surface area contributed by atoms with Crippen LogP contribution in [0.3, 0.4) is 0 Å². The Hall–Kier alpha value is -2.44. The quantitative estimate of drug-likeness (QED) is 0.895. The minimum Gasteiger partial charge on any atom is -0.481 e. The lowest BCUT2D eigenvalue weighted by molar-refractivity contribution is 0.398. The molecular weight excluding hydrogens is 256 g/mol. The number of anilines is 2. The second-order valence-corrected chi connectivity index (χ2v) is 4.60. The molecule has 104 valence electrons. The van der Waals surface area contributed by atoms with Gasteiger partial charge in [0.2, 0.25) is 17.8 Å². The summed E-state index contributed by atoms with van der Waals surface area (Å²) in [5.74, 6) is 1.96. The Morgan fingerprint density at radius 3 is 2.60 bits per heavy atom. The molecule has 7 heteroatoms. The van der Waals surface area contributed by atoms with Gasteiger partial charge in [-0.15, -0.1) is 0 Å². The molecule has 7 nitrogen and oxygen atoms in total. The van der Waals surface area contributed by atoms with E-state index in [0.29, 0.717) is 17.7 Å². The Morgan fingerprint density at radius 1 is 1.15 bits per heavy atom. The predicted octanol–water partition coefficient (Wildman–Crippen LogP) is 1.12. The molecule has 1 aliphatic rings. The zero-order valence-corrected chi connectivity index (χ0v) is 11.3. The van der Waals surface area contributed by atoms with Gasteiger partial charge in [-0.25, -0.2) is 4.98 Å². The van der Waals surface area contributed by atoms with Crippen molar-refractivity contribution in [2.75, 3.05) is 30.8 Å². The summed E-state index contributed by atoms with van der Waals surface area (Å²) in [4.78, 5) is 19.2. The van der Waals surface area contributed by atoms with E-state index in [4.69, 9.17) is 10.5 Å². The van der Waals surface area contributed by atoms with E-state index in [2.05, 4.69) is 24.8 Å². The molecule has 2 N–H and O–H groups in total. The van der Waals surface area contributed by atoms with Crippen LogP contribution in [-0.4, -0.2) is 40.1 Å². The van der Waals surface area contributed by atoms with Gasteiger partial charge in [-0.05, 0) is 18.9 Å². The molecule has 0 bridgehead atoms. The van der Waals surface area contributed by atoms with E-state index in [1.807, 2.05) is 6.07 Å². The van der Waals surface area contributed by atoms with Crippen molar-refractivity contribution in [1.29, 1.82) is 0 Å². The number of ether oxygens (including phenoxy) is 1. The van der Waals surface area contributed by atoms with E-state index in [0.717, 1.165) is 31.5 Å². The summed E-state index contributed by atoms with van der Waals surface area (Å²) in [7, 11) is 1.58. The molecule has 3 rings (SSSR count). The van der Waals surface area contributed by atoms with Gasteiger partial charge in [-0.2, -0.15) is 15.0 Å². The van der Waals surface area contributed by atoms with Gasteiger partial charge in [0.05, 0.1) is 7.11 Å². The maximum atomic E-state index is 5.79. The Kier molecular flexibility index (Phi) is 3.32. The summed E-state index contributed by atoms with van der Waals surface area (Å²) in [6.45, 7) is 1.92. The third-order valence-electron chi connectivity index (χ3n) is 3.23. The number of methoxy groups -OCH3 is 1. The lowest BCUT2D eigenvalue weighted by atomic mass is 10.2. The number of nitrogen functional groups attached to an aromatic ring is 1. The molecule has 1 fully saturated rings. The Labute approximate surface area is 116 Å². The molecule has 0 atom stereocenters. The number of nitrogens with two attached hydrogens (primary N) is 1. The predicted molar refractivity (Wildman–Crippen MR) is 75.5 cm³/mol. The van der Waals surface area contributed by atoms with Gasteiger partial charge in [0.15, 0.2) is 5.82 Å². The minimum absolute atomic E-state index is 0.229. The molecule has 3 heterocycles. The second-order valence-electron chi connectivity index (χ2n) is 4.60. The largest absolute Gasteiger partial charge is 0.481 e. The fourth-order valence-corrected chi connectivity index (χ4v) is 2.20. The molecule has 0 spiro atoms. The number of rotatable bonds is 3. The van der Waals surface area contributed by atoms with Gasteiger partial charge >= 0.3 is 0 Å². The molecule has 1 aliphatic heterocycles. The minimum atomic E-state index is 0.229. The average molecular weight is 272 g/mol. The molecule has 0 radical (unpaired) electrons. The first kappa shape index (κ1) is 12.6. The smallest absolute Gasteiger partial charge is 0.230 e. The van der Waals surface area contributed by atoms with Crippen molar-refractivity contribution in [1.82, 2.24) is 19.9 Å². The summed E-state index contributed by atoms with van der Waals surface area (Å²) in [6.07, 6.45) is 3.98. The normalized spacial score (nSPS) is 14.6. The van der Waals surface area contributed by atoms with Gasteiger partial charge in [0, 0.05) is 30.9 Å². The van der Waals surface area contributed by atoms with Crippen LogP contribution < -0.4 is 15.4 Å². The zero-order chi connectivity index (χ0) is 13.9. The van der Waals surface area contributed by atoms with Crippen LogP contribution in [0.1, 0.15) is 12.8 Å². The molecule has 20 heavy (non-hydrogen) atoms. The molecule has 0 saturated carbocycles. The van der Waals surface area contributed by atoms with Crippen molar-refractivity contribution in [2.24, 2.45) is 0 Å². The van der Waals surface area contributed by atoms with Crippen LogP contribution in [0.4, 0.5) is 11.9 Å². The number of pyridine rings is 1. The first-order chi connectivity index (χ1) is 9.76. The van der Waals surface area contributed by atoms with Gasteiger partial charge in [-0.1, -0.05) is 0 Å². The molecule has 1 saturated heterocycles. The van der Waals surface area contributed by atoms with E-state index in [1.54, 1.807) is 19.4 Å². The van der Waals surface area contributed by atoms with Crippen LogP contribution in [0.5, 0.6) is 5.88 Å². The maximum absolute atomic E-state index is 5.79. The van der Waals surface area contributed by atoms with Gasteiger partial charge in [0.25, 0.3) is 0 Å². The standard InChI is InChI=1S/C13H16N6O/c1-20-10-5-4-9(8-15-10)11-16-12(14)18-13(17-11)19-6-2-3-7-19/h4-5,8H,2-3,6-7H2,1H3,(H2,14,16,17,18). The van der Waals surface area contributed by atoms with Gasteiger partial charge in [0.1, 0.15) is 0 Å². The molecule has 0 aromatic carbocycles. The molecule has 0 amide bonds. The molecule has 0 unspecified atom stereocenters. The monoisotopic (exact) mass is 272 g/mol. The van der Waals surface area contributed by atoms with E-state index in [9.17, 15) is 0 Å². The average Bonchev–Trinajstić information content (AvgIpc) is 3.01. The van der Waals surface area contributed by atoms with Crippen molar-refractivity contribution in [2.45, 2.75) is 12.8 Å². The summed E-state index contributed by atoms with van der Waals surface area (Å²) < 4.78 is 5.04. The molecular formula is C13H16N6O. The van der Waals surface area contributed by atoms with E-state index < -0.39 is 0 Å². The van der Waals surface area contributed by atoms with Crippen LogP contribution in [0.15, 0.2) is 18.3 Å². The van der Waals surface area contributed by atoms with E-state index in [-0.39, 0.29) is 5.95 Å². The number of hydrogen-bond acceptors (Lipinski definition) is 7. The zero-order valence-electron chi connectivity index (χ0n) is 11.3. The fraction of sp³-hybridized carbons (Fsp3) is 0.385. The Balaban J connectivity index is 1.95. The third kappa shape index (κ3) is 2.47. The van der Waals surface area contributed by atoms with Crippen molar-refractivity contribution in [3.05, 3.63) is 18.3 Å². The van der Waals surface area contributed by atoms with E-state index >= 15 is 0 Å². The number of aromatic nitrogens is 4. The van der Waals surface area contributed by atoms with E-state index in [1.165, 1.54) is 0 Å². The lowest BCUT2D eigenvalue weighted by Gasteiger charge is -2.15. The summed E-state index contributed by atoms with van der Waals surface area (Å²) in [6, 6.07) is 3.62. The highest BCUT2D eigenvalue weighted by atomic mass is 16.5. The highest BCUT2D eigenvalue weighted by molar-refractivity contribution is 5.57. The lowest BCUT2D eigenvalue weighted by Crippen LogP contribution is -2.21. The van der Waals surface area contributed by atoms with Gasteiger partial charge < -0.3 is 15.4 Å². The SMILES string of the molecule is COc1ccc(-c2nc(N)nc(N3CCCC3)n2)cn1. The summed E-state index contributed by atoms with van der Waals surface area (Å²) in [5, 5.41) is 0. The molecule has 0 aliphatic carbocycles. The summed E-state index contributed by atoms with van der Waals surface area (Å²) >= 11 is 0. The number of hydrogen-bond donors (Lipinski definition) is 1. The first-order valence-corrected chi connectivity index (χ1v) is 6.53. The van der Waals surface area contributed by atoms with Crippen molar-refractivity contribution in [3.8, 4) is 17.3 Å². The molecule has 2 aromatic rings. The summed E-state index contributed by atoms with van der Waals surface area (Å²) in [5.41, 5.74) is 6.58. The van der Waals surface area contributed by atoms with Crippen molar-refractivity contribution in [3.63, 3.8) is 0 Å². The highest BCUT2D eigenvalue weighted by Gasteiger charge is 2.17. The van der Waals surface area contributed by atoms with Crippen molar-refractivity contribution < 1.29 is 4.74 Å². The molecule has 2 aromatic heterocycles. The van der Waals surface area contributed by atoms with Crippen LogP contribution in [0, 0.1) is 0 Å². The van der Waals surface area contributed by atoms with Crippen LogP contribution in [0.25, 0.3) is 11.4 Å². The maximum Gasteiger partial charge on any atom is 0.230 e. The van der Waals surface area contributed by atoms with Crippen LogP contribution in [0.2, 0.25) is 0 Å². The Bertz CT molecular complexity index is 594. The van der Waals surface area contributed by atoms with Crippen molar-refractivity contribution >= 4 is 11.9 Å². The first-order valence-electron chi connectivity index (χ1n) is 6.53. The third-order valence-corrected chi connectivity index (χ3v) is 3.23. The fourth-order valence-electron chi connectivity index (χ4n) is 2.20. The van der Waals surface area contributed by atoms with Gasteiger partial charge in [-0.3, -0.25) is 0 Å². The number of nitrogens with zero attached hydrogens (tertiary/aromatic N) is 5. The van der Waals surface area contributed by atoms with Crippen LogP contribution >= 0.6 is 0 Å². The Morgan fingerprint density at radius 2 is 1.95 bits per heavy atom. The topological polar surface area (TPSA) is 90.0 Å². The highest BCUT2D eigenvalue weighted by Crippen LogP contribution is 2.21.